The monoisotopic (exact) mass is 313 g/mol. The van der Waals surface area contributed by atoms with E-state index in [2.05, 4.69) is 0 Å². The molecule has 0 aromatic carbocycles. The second-order valence-electron chi connectivity index (χ2n) is 3.60. The molecule has 0 heterocycles. The Morgan fingerprint density at radius 2 is 1.68 bits per heavy atom. The summed E-state index contributed by atoms with van der Waals surface area (Å²) in [5.74, 6) is -8.81. The van der Waals surface area contributed by atoms with Crippen LogP contribution in [-0.2, 0) is 14.9 Å². The lowest BCUT2D eigenvalue weighted by Crippen LogP contribution is -2.52. The van der Waals surface area contributed by atoms with Gasteiger partial charge < -0.3 is 4.90 Å². The second kappa shape index (κ2) is 5.99. The number of hydrogen-bond acceptors (Lipinski definition) is 3. The van der Waals surface area contributed by atoms with Crippen LogP contribution in [0.25, 0.3) is 0 Å². The summed E-state index contributed by atoms with van der Waals surface area (Å²) in [7, 11) is -4.37. The maximum Gasteiger partial charge on any atom is 0.463 e. The van der Waals surface area contributed by atoms with Crippen LogP contribution in [0.4, 0.5) is 22.0 Å². The van der Waals surface area contributed by atoms with Crippen LogP contribution in [0.2, 0.25) is 0 Å². The number of amides is 1. The van der Waals surface area contributed by atoms with E-state index in [0.29, 0.717) is 0 Å². The van der Waals surface area contributed by atoms with E-state index < -0.39 is 53.4 Å². The van der Waals surface area contributed by atoms with Crippen molar-refractivity contribution in [1.82, 2.24) is 4.90 Å². The first-order valence-corrected chi connectivity index (χ1v) is 6.63. The fourth-order valence-corrected chi connectivity index (χ4v) is 1.65. The molecular weight excluding hydrogens is 301 g/mol. The number of carbonyl (C=O) groups excluding carboxylic acids is 1. The van der Waals surface area contributed by atoms with Crippen LogP contribution in [-0.4, -0.2) is 54.7 Å². The van der Waals surface area contributed by atoms with Crippen LogP contribution >= 0.6 is 0 Å². The summed E-state index contributed by atoms with van der Waals surface area (Å²) >= 11 is 0. The molecule has 0 fully saturated rings. The van der Waals surface area contributed by atoms with Gasteiger partial charge in [-0.15, -0.1) is 0 Å². The van der Waals surface area contributed by atoms with Crippen molar-refractivity contribution in [3.63, 3.8) is 0 Å². The molecule has 0 unspecified atom stereocenters. The van der Waals surface area contributed by atoms with Gasteiger partial charge in [0, 0.05) is 13.1 Å². The van der Waals surface area contributed by atoms with Gasteiger partial charge in [0.2, 0.25) is 0 Å². The predicted octanol–water partition coefficient (Wildman–Crippen LogP) is 1.31. The minimum absolute atomic E-state index is 0.179. The van der Waals surface area contributed by atoms with E-state index >= 15 is 0 Å². The molecule has 0 aliphatic rings. The van der Waals surface area contributed by atoms with Crippen molar-refractivity contribution < 1.29 is 39.7 Å². The number of alkyl halides is 5. The van der Waals surface area contributed by atoms with Crippen LogP contribution in [0.1, 0.15) is 13.3 Å². The summed E-state index contributed by atoms with van der Waals surface area (Å²) in [5.41, 5.74) is 0. The number of nitrogens with zero attached hydrogens (tertiary/aromatic N) is 1. The average Bonchev–Trinajstić information content (AvgIpc) is 2.20. The number of halogens is 5. The zero-order valence-electron chi connectivity index (χ0n) is 9.75. The lowest BCUT2D eigenvalue weighted by atomic mass is 10.2. The lowest BCUT2D eigenvalue weighted by molar-refractivity contribution is -0.274. The van der Waals surface area contributed by atoms with Gasteiger partial charge in [-0.05, 0) is 13.3 Å². The normalized spacial score (nSPS) is 13.4. The Labute approximate surface area is 106 Å². The van der Waals surface area contributed by atoms with Gasteiger partial charge in [-0.1, -0.05) is 0 Å². The molecule has 0 bridgehead atoms. The first-order valence-electron chi connectivity index (χ1n) is 5.02. The Hall–Kier alpha value is -0.970. The Morgan fingerprint density at radius 1 is 1.21 bits per heavy atom. The highest BCUT2D eigenvalue weighted by Crippen LogP contribution is 2.36. The highest BCUT2D eigenvalue weighted by Gasteiger charge is 2.64. The first-order chi connectivity index (χ1) is 8.33. The number of hydrogen-bond donors (Lipinski definition) is 1. The third-order valence-electron chi connectivity index (χ3n) is 2.12. The Kier molecular flexibility index (Phi) is 5.68. The largest absolute Gasteiger partial charge is 0.463 e. The van der Waals surface area contributed by atoms with Crippen molar-refractivity contribution in [1.29, 1.82) is 0 Å². The van der Waals surface area contributed by atoms with E-state index in [4.69, 9.17) is 4.55 Å². The highest BCUT2D eigenvalue weighted by molar-refractivity contribution is 7.85. The molecule has 0 spiro atoms. The molecule has 0 saturated heterocycles. The molecular formula is C8H12F5NO4S. The summed E-state index contributed by atoms with van der Waals surface area (Å²) < 4.78 is 90.4. The van der Waals surface area contributed by atoms with E-state index in [1.807, 2.05) is 0 Å². The fraction of sp³-hybridized carbons (Fsp3) is 0.875. The second-order valence-corrected chi connectivity index (χ2v) is 5.17. The smallest absolute Gasteiger partial charge is 0.337 e. The molecule has 0 radical (unpaired) electrons. The van der Waals surface area contributed by atoms with Crippen LogP contribution in [0.15, 0.2) is 0 Å². The molecule has 0 saturated carbocycles. The zero-order valence-corrected chi connectivity index (χ0v) is 10.6. The zero-order chi connectivity index (χ0) is 15.5. The molecule has 0 rings (SSSR count). The molecule has 19 heavy (non-hydrogen) atoms. The number of carbonyl (C=O) groups is 1. The van der Waals surface area contributed by atoms with Gasteiger partial charge in [-0.3, -0.25) is 9.35 Å². The first kappa shape index (κ1) is 18.0. The number of rotatable bonds is 6. The molecule has 0 aromatic heterocycles. The minimum atomic E-state index is -6.01. The van der Waals surface area contributed by atoms with E-state index in [1.54, 1.807) is 0 Å². The van der Waals surface area contributed by atoms with E-state index in [0.717, 1.165) is 6.92 Å². The third kappa shape index (κ3) is 5.27. The topological polar surface area (TPSA) is 74.7 Å². The molecule has 5 nitrogen and oxygen atoms in total. The van der Waals surface area contributed by atoms with Gasteiger partial charge in [0.05, 0.1) is 5.75 Å². The predicted molar refractivity (Wildman–Crippen MR) is 54.3 cm³/mol. The van der Waals surface area contributed by atoms with Gasteiger partial charge in [0.25, 0.3) is 10.1 Å². The third-order valence-corrected chi connectivity index (χ3v) is 2.93. The van der Waals surface area contributed by atoms with Crippen LogP contribution in [0, 0.1) is 0 Å². The molecule has 0 aliphatic carbocycles. The van der Waals surface area contributed by atoms with Crippen LogP contribution in [0.5, 0.6) is 0 Å². The van der Waals surface area contributed by atoms with E-state index in [1.165, 1.54) is 0 Å². The van der Waals surface area contributed by atoms with Crippen molar-refractivity contribution in [3.05, 3.63) is 0 Å². The highest BCUT2D eigenvalue weighted by atomic mass is 32.2. The molecule has 1 amide bonds. The fourth-order valence-electron chi connectivity index (χ4n) is 1.16. The van der Waals surface area contributed by atoms with Crippen molar-refractivity contribution in [2.75, 3.05) is 18.8 Å². The van der Waals surface area contributed by atoms with Gasteiger partial charge >= 0.3 is 18.0 Å². The summed E-state index contributed by atoms with van der Waals surface area (Å²) in [6, 6.07) is 0. The molecule has 114 valence electrons. The molecule has 0 aromatic rings. The van der Waals surface area contributed by atoms with Gasteiger partial charge in [-0.25, -0.2) is 0 Å². The maximum atomic E-state index is 12.7. The molecule has 11 heteroatoms. The van der Waals surface area contributed by atoms with Crippen molar-refractivity contribution >= 4 is 16.0 Å². The Morgan fingerprint density at radius 3 is 2.00 bits per heavy atom. The van der Waals surface area contributed by atoms with Crippen LogP contribution in [0.3, 0.4) is 0 Å². The summed E-state index contributed by atoms with van der Waals surface area (Å²) in [4.78, 5) is 11.2. The van der Waals surface area contributed by atoms with Crippen LogP contribution < -0.4 is 0 Å². The van der Waals surface area contributed by atoms with E-state index in [9.17, 15) is 35.2 Å². The summed E-state index contributed by atoms with van der Waals surface area (Å²) in [5, 5.41) is 0. The van der Waals surface area contributed by atoms with Crippen molar-refractivity contribution in [3.8, 4) is 0 Å². The minimum Gasteiger partial charge on any atom is -0.337 e. The van der Waals surface area contributed by atoms with Gasteiger partial charge in [0.15, 0.2) is 0 Å². The standard InChI is InChI=1S/C8H12F5NO4S/c1-2-14(4-3-5-19(16,17)18)6(15)7(9,10)8(11,12)13/h2-5H2,1H3,(H,16,17,18). The van der Waals surface area contributed by atoms with Gasteiger partial charge in [-0.2, -0.15) is 30.4 Å². The quantitative estimate of drug-likeness (QED) is 0.593. The van der Waals surface area contributed by atoms with Crippen molar-refractivity contribution in [2.45, 2.75) is 25.4 Å². The summed E-state index contributed by atoms with van der Waals surface area (Å²) in [6.07, 6.45) is -6.47. The van der Waals surface area contributed by atoms with Gasteiger partial charge in [0.1, 0.15) is 0 Å². The Balaban J connectivity index is 4.75. The molecule has 0 aliphatic heterocycles. The summed E-state index contributed by atoms with van der Waals surface area (Å²) in [6.45, 7) is 0.0779. The average molecular weight is 313 g/mol. The molecule has 0 atom stereocenters. The molecule has 1 N–H and O–H groups in total. The Bertz CT molecular complexity index is 419. The van der Waals surface area contributed by atoms with E-state index in [-0.39, 0.29) is 4.90 Å². The SMILES string of the molecule is CCN(CCCS(=O)(=O)O)C(=O)C(F)(F)C(F)(F)F. The van der Waals surface area contributed by atoms with Crippen molar-refractivity contribution in [2.24, 2.45) is 0 Å². The maximum absolute atomic E-state index is 12.7. The lowest BCUT2D eigenvalue weighted by Gasteiger charge is -2.26.